The Morgan fingerprint density at radius 3 is 2.83 bits per heavy atom. The van der Waals surface area contributed by atoms with Crippen molar-refractivity contribution in [1.82, 2.24) is 4.98 Å². The molecule has 0 saturated carbocycles. The van der Waals surface area contributed by atoms with E-state index in [-0.39, 0.29) is 6.61 Å². The van der Waals surface area contributed by atoms with Crippen LogP contribution >= 0.6 is 0 Å². The number of aliphatic hydroxyl groups is 1. The number of anilines is 2. The minimum Gasteiger partial charge on any atom is -0.392 e. The van der Waals surface area contributed by atoms with Gasteiger partial charge in [-0.2, -0.15) is 0 Å². The molecule has 0 radical (unpaired) electrons. The number of para-hydroxylation sites is 1. The lowest BCUT2D eigenvalue weighted by atomic mass is 10.1. The SMILES string of the molecule is CC1Cc2ccccc2N1c1ccc(CO)cn1. The van der Waals surface area contributed by atoms with Crippen molar-refractivity contribution in [3.05, 3.63) is 53.7 Å². The van der Waals surface area contributed by atoms with E-state index in [2.05, 4.69) is 41.1 Å². The van der Waals surface area contributed by atoms with Crippen LogP contribution in [0.1, 0.15) is 18.1 Å². The van der Waals surface area contributed by atoms with Gasteiger partial charge in [0.25, 0.3) is 0 Å². The molecule has 2 aromatic rings. The first-order chi connectivity index (χ1) is 8.79. The first kappa shape index (κ1) is 11.2. The number of benzene rings is 1. The maximum absolute atomic E-state index is 9.05. The largest absolute Gasteiger partial charge is 0.392 e. The van der Waals surface area contributed by atoms with Crippen molar-refractivity contribution in [2.75, 3.05) is 4.90 Å². The quantitative estimate of drug-likeness (QED) is 0.876. The van der Waals surface area contributed by atoms with Gasteiger partial charge in [0.15, 0.2) is 0 Å². The highest BCUT2D eigenvalue weighted by Crippen LogP contribution is 2.36. The fourth-order valence-electron chi connectivity index (χ4n) is 2.57. The molecular weight excluding hydrogens is 224 g/mol. The van der Waals surface area contributed by atoms with Crippen molar-refractivity contribution >= 4 is 11.5 Å². The van der Waals surface area contributed by atoms with Crippen molar-refractivity contribution in [3.8, 4) is 0 Å². The van der Waals surface area contributed by atoms with Crippen LogP contribution in [-0.2, 0) is 13.0 Å². The van der Waals surface area contributed by atoms with Crippen molar-refractivity contribution in [1.29, 1.82) is 0 Å². The van der Waals surface area contributed by atoms with E-state index in [0.717, 1.165) is 17.8 Å². The minimum atomic E-state index is 0.0411. The number of hydrogen-bond donors (Lipinski definition) is 1. The normalized spacial score (nSPS) is 17.9. The van der Waals surface area contributed by atoms with Crippen LogP contribution in [-0.4, -0.2) is 16.1 Å². The van der Waals surface area contributed by atoms with Gasteiger partial charge in [0, 0.05) is 17.9 Å². The molecule has 2 heterocycles. The predicted octanol–water partition coefficient (Wildman–Crippen LogP) is 2.66. The third kappa shape index (κ3) is 1.77. The van der Waals surface area contributed by atoms with E-state index in [1.807, 2.05) is 12.1 Å². The topological polar surface area (TPSA) is 36.4 Å². The zero-order valence-corrected chi connectivity index (χ0v) is 10.4. The monoisotopic (exact) mass is 240 g/mol. The Morgan fingerprint density at radius 2 is 2.11 bits per heavy atom. The molecule has 1 aromatic carbocycles. The lowest BCUT2D eigenvalue weighted by Gasteiger charge is -2.23. The number of hydrogen-bond acceptors (Lipinski definition) is 3. The molecule has 3 rings (SSSR count). The maximum Gasteiger partial charge on any atom is 0.133 e. The summed E-state index contributed by atoms with van der Waals surface area (Å²) in [6, 6.07) is 12.8. The number of aliphatic hydroxyl groups excluding tert-OH is 1. The standard InChI is InChI=1S/C15H16N2O/c1-11-8-13-4-2-3-5-14(13)17(11)15-7-6-12(10-18)9-16-15/h2-7,9,11,18H,8,10H2,1H3. The first-order valence-corrected chi connectivity index (χ1v) is 6.22. The molecule has 3 nitrogen and oxygen atoms in total. The Labute approximate surface area is 107 Å². The van der Waals surface area contributed by atoms with E-state index in [0.29, 0.717) is 6.04 Å². The molecule has 0 saturated heterocycles. The number of fused-ring (bicyclic) bond motifs is 1. The summed E-state index contributed by atoms with van der Waals surface area (Å²) >= 11 is 0. The van der Waals surface area contributed by atoms with Crippen LogP contribution in [0.5, 0.6) is 0 Å². The predicted molar refractivity (Wildman–Crippen MR) is 71.9 cm³/mol. The smallest absolute Gasteiger partial charge is 0.133 e. The van der Waals surface area contributed by atoms with E-state index in [4.69, 9.17) is 5.11 Å². The summed E-state index contributed by atoms with van der Waals surface area (Å²) in [6.45, 7) is 2.25. The Hall–Kier alpha value is -1.87. The molecule has 18 heavy (non-hydrogen) atoms. The fraction of sp³-hybridized carbons (Fsp3) is 0.267. The molecule has 1 aliphatic rings. The van der Waals surface area contributed by atoms with E-state index >= 15 is 0 Å². The summed E-state index contributed by atoms with van der Waals surface area (Å²) in [5, 5.41) is 9.05. The van der Waals surface area contributed by atoms with Crippen LogP contribution in [0.2, 0.25) is 0 Å². The van der Waals surface area contributed by atoms with E-state index in [1.165, 1.54) is 11.3 Å². The molecular formula is C15H16N2O. The molecule has 0 bridgehead atoms. The second kappa shape index (κ2) is 4.42. The van der Waals surface area contributed by atoms with Gasteiger partial charge >= 0.3 is 0 Å². The van der Waals surface area contributed by atoms with Gasteiger partial charge < -0.3 is 10.0 Å². The molecule has 0 amide bonds. The van der Waals surface area contributed by atoms with Gasteiger partial charge in [-0.1, -0.05) is 24.3 Å². The second-order valence-electron chi connectivity index (χ2n) is 4.73. The molecule has 1 aromatic heterocycles. The summed E-state index contributed by atoms with van der Waals surface area (Å²) in [6.07, 6.45) is 2.79. The fourth-order valence-corrected chi connectivity index (χ4v) is 2.57. The molecule has 3 heteroatoms. The lowest BCUT2D eigenvalue weighted by Crippen LogP contribution is -2.24. The first-order valence-electron chi connectivity index (χ1n) is 6.22. The van der Waals surface area contributed by atoms with Crippen LogP contribution in [0.15, 0.2) is 42.6 Å². The molecule has 0 spiro atoms. The van der Waals surface area contributed by atoms with Crippen molar-refractivity contribution in [2.24, 2.45) is 0 Å². The lowest BCUT2D eigenvalue weighted by molar-refractivity contribution is 0.281. The van der Waals surface area contributed by atoms with Crippen molar-refractivity contribution in [2.45, 2.75) is 26.0 Å². The summed E-state index contributed by atoms with van der Waals surface area (Å²) < 4.78 is 0. The third-order valence-electron chi connectivity index (χ3n) is 3.45. The Bertz CT molecular complexity index is 551. The number of rotatable bonds is 2. The van der Waals surface area contributed by atoms with E-state index in [9.17, 15) is 0 Å². The van der Waals surface area contributed by atoms with Crippen LogP contribution in [0.4, 0.5) is 11.5 Å². The van der Waals surface area contributed by atoms with E-state index in [1.54, 1.807) is 6.20 Å². The Morgan fingerprint density at radius 1 is 1.28 bits per heavy atom. The van der Waals surface area contributed by atoms with Crippen molar-refractivity contribution in [3.63, 3.8) is 0 Å². The summed E-state index contributed by atoms with van der Waals surface area (Å²) in [5.41, 5.74) is 3.46. The average Bonchev–Trinajstić information content (AvgIpc) is 2.75. The molecule has 0 aliphatic carbocycles. The maximum atomic E-state index is 9.05. The molecule has 1 N–H and O–H groups in total. The van der Waals surface area contributed by atoms with Gasteiger partial charge in [-0.3, -0.25) is 0 Å². The van der Waals surface area contributed by atoms with Gasteiger partial charge in [0.05, 0.1) is 6.61 Å². The summed E-state index contributed by atoms with van der Waals surface area (Å²) in [5.74, 6) is 0.949. The molecule has 0 fully saturated rings. The van der Waals surface area contributed by atoms with Gasteiger partial charge in [-0.05, 0) is 36.6 Å². The summed E-state index contributed by atoms with van der Waals surface area (Å²) in [7, 11) is 0. The number of pyridine rings is 1. The molecule has 1 atom stereocenters. The Balaban J connectivity index is 2.00. The van der Waals surface area contributed by atoms with Crippen molar-refractivity contribution < 1.29 is 5.11 Å². The van der Waals surface area contributed by atoms with Crippen LogP contribution in [0.25, 0.3) is 0 Å². The van der Waals surface area contributed by atoms with Gasteiger partial charge in [-0.25, -0.2) is 4.98 Å². The minimum absolute atomic E-state index is 0.0411. The van der Waals surface area contributed by atoms with Gasteiger partial charge in [-0.15, -0.1) is 0 Å². The summed E-state index contributed by atoms with van der Waals surface area (Å²) in [4.78, 5) is 6.71. The molecule has 1 aliphatic heterocycles. The molecule has 92 valence electrons. The van der Waals surface area contributed by atoms with E-state index < -0.39 is 0 Å². The number of nitrogens with zero attached hydrogens (tertiary/aromatic N) is 2. The van der Waals surface area contributed by atoms with Crippen LogP contribution in [0.3, 0.4) is 0 Å². The second-order valence-corrected chi connectivity index (χ2v) is 4.73. The molecule has 1 unspecified atom stereocenters. The average molecular weight is 240 g/mol. The highest BCUT2D eigenvalue weighted by atomic mass is 16.3. The zero-order valence-electron chi connectivity index (χ0n) is 10.4. The van der Waals surface area contributed by atoms with Gasteiger partial charge in [0.1, 0.15) is 5.82 Å². The highest BCUT2D eigenvalue weighted by molar-refractivity contribution is 5.68. The highest BCUT2D eigenvalue weighted by Gasteiger charge is 2.27. The third-order valence-corrected chi connectivity index (χ3v) is 3.45. The van der Waals surface area contributed by atoms with Crippen LogP contribution < -0.4 is 4.90 Å². The van der Waals surface area contributed by atoms with Gasteiger partial charge in [0.2, 0.25) is 0 Å². The zero-order chi connectivity index (χ0) is 12.5. The van der Waals surface area contributed by atoms with Crippen LogP contribution in [0, 0.1) is 0 Å². The Kier molecular flexibility index (Phi) is 2.76. The number of aromatic nitrogens is 1.